The SMILES string of the molecule is BrCc1ccccc1.CC(C)=CCc1c(C)ccc(/C=C\C(=O)OCc2ccccc2)c1OCc1ccccc1.CC(C)=CCc1c(C)ccc2ccc(=O)oc12. The number of hydrogen-bond donors (Lipinski definition) is 0. The van der Waals surface area contributed by atoms with E-state index in [1.165, 1.54) is 28.9 Å². The van der Waals surface area contributed by atoms with Crippen LogP contribution in [-0.4, -0.2) is 5.97 Å². The summed E-state index contributed by atoms with van der Waals surface area (Å²) in [5.41, 5.74) is 11.7. The molecule has 0 saturated carbocycles. The summed E-state index contributed by atoms with van der Waals surface area (Å²) < 4.78 is 17.0. The highest BCUT2D eigenvalue weighted by Gasteiger charge is 2.12. The normalized spacial score (nSPS) is 10.4. The van der Waals surface area contributed by atoms with Crippen LogP contribution in [0.5, 0.6) is 5.75 Å². The van der Waals surface area contributed by atoms with Crippen LogP contribution in [0.4, 0.5) is 0 Å². The van der Waals surface area contributed by atoms with Crippen molar-refractivity contribution in [1.82, 2.24) is 0 Å². The number of hydrogen-bond acceptors (Lipinski definition) is 5. The Morgan fingerprint density at radius 1 is 0.632 bits per heavy atom. The Labute approximate surface area is 346 Å². The van der Waals surface area contributed by atoms with Crippen LogP contribution in [0.3, 0.4) is 0 Å². The number of aryl methyl sites for hydroxylation is 2. The van der Waals surface area contributed by atoms with E-state index in [0.717, 1.165) is 73.8 Å². The van der Waals surface area contributed by atoms with Gasteiger partial charge < -0.3 is 13.9 Å². The molecule has 0 atom stereocenters. The average Bonchev–Trinajstić information content (AvgIpc) is 3.22. The average molecular weight is 826 g/mol. The maximum atomic E-state index is 12.3. The first-order valence-corrected chi connectivity index (χ1v) is 20.2. The van der Waals surface area contributed by atoms with Crippen LogP contribution in [0.2, 0.25) is 0 Å². The molecule has 0 N–H and O–H groups in total. The van der Waals surface area contributed by atoms with Crippen LogP contribution in [0.1, 0.15) is 72.2 Å². The minimum absolute atomic E-state index is 0.251. The third kappa shape index (κ3) is 15.0. The molecular weight excluding hydrogens is 772 g/mol. The lowest BCUT2D eigenvalue weighted by atomic mass is 9.99. The number of benzene rings is 5. The molecule has 57 heavy (non-hydrogen) atoms. The number of esters is 1. The molecule has 0 aliphatic carbocycles. The summed E-state index contributed by atoms with van der Waals surface area (Å²) in [7, 11) is 0. The molecule has 0 bridgehead atoms. The van der Waals surface area contributed by atoms with Crippen molar-refractivity contribution in [1.29, 1.82) is 0 Å². The van der Waals surface area contributed by atoms with E-state index in [2.05, 4.69) is 87.0 Å². The number of allylic oxidation sites excluding steroid dienone is 4. The van der Waals surface area contributed by atoms with E-state index in [9.17, 15) is 9.59 Å². The number of carbonyl (C=O) groups excluding carboxylic acids is 1. The summed E-state index contributed by atoms with van der Waals surface area (Å²) >= 11 is 3.36. The second kappa shape index (κ2) is 23.4. The van der Waals surface area contributed by atoms with Gasteiger partial charge in [0.25, 0.3) is 0 Å². The smallest absolute Gasteiger partial charge is 0.336 e. The molecule has 0 saturated heterocycles. The summed E-state index contributed by atoms with van der Waals surface area (Å²) in [6, 6.07) is 41.4. The molecular formula is C51H53BrO5. The van der Waals surface area contributed by atoms with E-state index in [4.69, 9.17) is 13.9 Å². The zero-order valence-corrected chi connectivity index (χ0v) is 35.5. The maximum absolute atomic E-state index is 12.3. The van der Waals surface area contributed by atoms with Crippen molar-refractivity contribution in [3.05, 3.63) is 212 Å². The van der Waals surface area contributed by atoms with Crippen molar-refractivity contribution < 1.29 is 18.7 Å². The molecule has 0 aliphatic heterocycles. The van der Waals surface area contributed by atoms with Crippen LogP contribution in [-0.2, 0) is 40.9 Å². The third-order valence-electron chi connectivity index (χ3n) is 8.93. The lowest BCUT2D eigenvalue weighted by Gasteiger charge is -2.16. The molecule has 0 radical (unpaired) electrons. The van der Waals surface area contributed by atoms with Crippen LogP contribution < -0.4 is 10.4 Å². The largest absolute Gasteiger partial charge is 0.488 e. The first kappa shape index (κ1) is 44.0. The van der Waals surface area contributed by atoms with E-state index >= 15 is 0 Å². The second-order valence-corrected chi connectivity index (χ2v) is 14.7. The lowest BCUT2D eigenvalue weighted by molar-refractivity contribution is -0.138. The van der Waals surface area contributed by atoms with Gasteiger partial charge in [-0.2, -0.15) is 0 Å². The fraction of sp³-hybridized carbons (Fsp3) is 0.216. The van der Waals surface area contributed by atoms with Crippen molar-refractivity contribution in [3.63, 3.8) is 0 Å². The van der Waals surface area contributed by atoms with Crippen molar-refractivity contribution in [2.75, 3.05) is 0 Å². The van der Waals surface area contributed by atoms with Gasteiger partial charge in [-0.1, -0.05) is 154 Å². The molecule has 0 unspecified atom stereocenters. The molecule has 0 aliphatic rings. The number of rotatable bonds is 12. The topological polar surface area (TPSA) is 65.7 Å². The summed E-state index contributed by atoms with van der Waals surface area (Å²) in [4.78, 5) is 23.6. The molecule has 6 heteroatoms. The first-order valence-electron chi connectivity index (χ1n) is 19.1. The highest BCUT2D eigenvalue weighted by atomic mass is 79.9. The number of halogens is 1. The Bertz CT molecular complexity index is 2310. The van der Waals surface area contributed by atoms with Crippen LogP contribution >= 0.6 is 15.9 Å². The molecule has 0 fully saturated rings. The molecule has 6 rings (SSSR count). The van der Waals surface area contributed by atoms with Crippen molar-refractivity contribution >= 4 is 38.9 Å². The third-order valence-corrected chi connectivity index (χ3v) is 9.57. The monoisotopic (exact) mass is 824 g/mol. The van der Waals surface area contributed by atoms with Gasteiger partial charge in [0.05, 0.1) is 0 Å². The lowest BCUT2D eigenvalue weighted by Crippen LogP contribution is -2.03. The van der Waals surface area contributed by atoms with Crippen LogP contribution in [0.15, 0.2) is 166 Å². The van der Waals surface area contributed by atoms with Gasteiger partial charge in [-0.3, -0.25) is 0 Å². The molecule has 0 spiro atoms. The molecule has 1 heterocycles. The zero-order valence-electron chi connectivity index (χ0n) is 33.9. The predicted octanol–water partition coefficient (Wildman–Crippen LogP) is 13.0. The van der Waals surface area contributed by atoms with E-state index in [-0.39, 0.29) is 18.2 Å². The van der Waals surface area contributed by atoms with E-state index in [1.54, 1.807) is 6.08 Å². The van der Waals surface area contributed by atoms with Crippen molar-refractivity contribution in [2.24, 2.45) is 0 Å². The van der Waals surface area contributed by atoms with Crippen LogP contribution in [0, 0.1) is 13.8 Å². The Morgan fingerprint density at radius 3 is 1.70 bits per heavy atom. The first-order chi connectivity index (χ1) is 27.5. The second-order valence-electron chi connectivity index (χ2n) is 14.1. The van der Waals surface area contributed by atoms with Crippen molar-refractivity contribution in [3.8, 4) is 5.75 Å². The minimum Gasteiger partial charge on any atom is -0.488 e. The van der Waals surface area contributed by atoms with Gasteiger partial charge in [0.1, 0.15) is 24.5 Å². The van der Waals surface area contributed by atoms with Gasteiger partial charge in [-0.25, -0.2) is 9.59 Å². The molecule has 0 amide bonds. The summed E-state index contributed by atoms with van der Waals surface area (Å²) in [5.74, 6) is 0.424. The maximum Gasteiger partial charge on any atom is 0.336 e. The number of ether oxygens (including phenoxy) is 2. The summed E-state index contributed by atoms with van der Waals surface area (Å²) in [5, 5.41) is 1.93. The van der Waals surface area contributed by atoms with Crippen LogP contribution in [0.25, 0.3) is 17.0 Å². The van der Waals surface area contributed by atoms with Gasteiger partial charge in [-0.15, -0.1) is 0 Å². The summed E-state index contributed by atoms with van der Waals surface area (Å²) in [6.07, 6.45) is 9.16. The number of carbonyl (C=O) groups is 1. The Morgan fingerprint density at radius 2 is 1.14 bits per heavy atom. The van der Waals surface area contributed by atoms with Gasteiger partial charge in [-0.05, 0) is 94.3 Å². The quantitative estimate of drug-likeness (QED) is 0.0404. The highest BCUT2D eigenvalue weighted by molar-refractivity contribution is 9.08. The van der Waals surface area contributed by atoms with E-state index in [1.807, 2.05) is 104 Å². The van der Waals surface area contributed by atoms with Gasteiger partial charge in [0.15, 0.2) is 0 Å². The number of fused-ring (bicyclic) bond motifs is 1. The summed E-state index contributed by atoms with van der Waals surface area (Å²) in [6.45, 7) is 13.2. The molecule has 5 aromatic carbocycles. The van der Waals surface area contributed by atoms with Gasteiger partial charge in [0, 0.05) is 39.5 Å². The minimum atomic E-state index is -0.380. The Balaban J connectivity index is 0.000000237. The fourth-order valence-electron chi connectivity index (χ4n) is 5.69. The van der Waals surface area contributed by atoms with Gasteiger partial charge >= 0.3 is 11.6 Å². The zero-order chi connectivity index (χ0) is 41.0. The van der Waals surface area contributed by atoms with E-state index in [0.29, 0.717) is 6.61 Å². The molecule has 5 nitrogen and oxygen atoms in total. The highest BCUT2D eigenvalue weighted by Crippen LogP contribution is 2.31. The van der Waals surface area contributed by atoms with E-state index < -0.39 is 0 Å². The van der Waals surface area contributed by atoms with Crippen molar-refractivity contribution in [2.45, 2.75) is 72.9 Å². The molecule has 1 aromatic heterocycles. The molecule has 6 aromatic rings. The fourth-order valence-corrected chi connectivity index (χ4v) is 6.06. The van der Waals surface area contributed by atoms with Gasteiger partial charge in [0.2, 0.25) is 0 Å². The molecule has 294 valence electrons. The predicted molar refractivity (Wildman–Crippen MR) is 240 cm³/mol. The standard InChI is InChI=1S/C29H30O3.C15H16O2.C7H7Br/c1-22(2)14-18-27-23(3)15-16-26(29(27)32-21-25-12-8-5-9-13-25)17-19-28(30)31-20-24-10-6-4-7-11-24;1-10(2)4-8-13-11(3)5-6-12-7-9-14(16)17-15(12)13;8-6-7-4-2-1-3-5-7/h4-17,19H,18,20-21H2,1-3H3;4-7,9H,8H2,1-3H3;1-5H,6H2/b19-17-;;. The Hall–Kier alpha value is -5.72. The Kier molecular flexibility index (Phi) is 18.0. The number of alkyl halides is 1.